The predicted octanol–water partition coefficient (Wildman–Crippen LogP) is 2.10. The lowest BCUT2D eigenvalue weighted by atomic mass is 10.2. The summed E-state index contributed by atoms with van der Waals surface area (Å²) in [4.78, 5) is 13.7. The lowest BCUT2D eigenvalue weighted by Gasteiger charge is -2.31. The largest absolute Gasteiger partial charge is 0.482 e. The van der Waals surface area contributed by atoms with Crippen molar-refractivity contribution < 1.29 is 13.9 Å². The van der Waals surface area contributed by atoms with Crippen LogP contribution in [0, 0.1) is 5.82 Å². The average Bonchev–Trinajstić information content (AvgIpc) is 2.37. The molecule has 0 spiro atoms. The van der Waals surface area contributed by atoms with Crippen molar-refractivity contribution in [2.24, 2.45) is 0 Å². The molecular weight excluding hydrogens is 306 g/mol. The molecule has 1 aliphatic heterocycles. The minimum Gasteiger partial charge on any atom is -0.482 e. The average molecular weight is 323 g/mol. The number of benzene rings is 1. The van der Waals surface area contributed by atoms with E-state index < -0.39 is 5.82 Å². The molecule has 2 rings (SSSR count). The molecule has 1 N–H and O–H groups in total. The highest BCUT2D eigenvalue weighted by atomic mass is 35.5. The highest BCUT2D eigenvalue weighted by molar-refractivity contribution is 6.32. The minimum absolute atomic E-state index is 0. The highest BCUT2D eigenvalue weighted by Gasteiger charge is 2.20. The summed E-state index contributed by atoms with van der Waals surface area (Å²) in [5, 5.41) is 3.43. The van der Waals surface area contributed by atoms with Gasteiger partial charge in [0.1, 0.15) is 11.6 Å². The number of hydrogen-bond donors (Lipinski definition) is 1. The van der Waals surface area contributed by atoms with E-state index in [1.54, 1.807) is 4.90 Å². The molecule has 1 aromatic carbocycles. The van der Waals surface area contributed by atoms with Crippen molar-refractivity contribution >= 4 is 29.9 Å². The van der Waals surface area contributed by atoms with Gasteiger partial charge in [-0.3, -0.25) is 4.79 Å². The van der Waals surface area contributed by atoms with Crippen LogP contribution in [-0.4, -0.2) is 43.1 Å². The Bertz CT molecular complexity index is 474. The third-order valence-corrected chi connectivity index (χ3v) is 3.26. The SMILES string of the molecule is CC1CN(C(=O)COc2ccc(F)cc2Cl)CCN1.Cl. The maximum atomic E-state index is 12.9. The van der Waals surface area contributed by atoms with Crippen LogP contribution in [0.25, 0.3) is 0 Å². The van der Waals surface area contributed by atoms with Crippen molar-refractivity contribution in [1.82, 2.24) is 10.2 Å². The quantitative estimate of drug-likeness (QED) is 0.926. The van der Waals surface area contributed by atoms with E-state index in [1.165, 1.54) is 12.1 Å². The van der Waals surface area contributed by atoms with Crippen LogP contribution < -0.4 is 10.1 Å². The standard InChI is InChI=1S/C13H16ClFN2O2.ClH/c1-9-7-17(5-4-16-9)13(18)8-19-12-3-2-10(15)6-11(12)14;/h2-3,6,9,16H,4-5,7-8H2,1H3;1H. The molecular formula is C13H17Cl2FN2O2. The number of nitrogens with one attached hydrogen (secondary N) is 1. The highest BCUT2D eigenvalue weighted by Crippen LogP contribution is 2.24. The van der Waals surface area contributed by atoms with E-state index in [0.29, 0.717) is 18.8 Å². The second kappa shape index (κ2) is 7.67. The molecule has 1 fully saturated rings. The predicted molar refractivity (Wildman–Crippen MR) is 78.2 cm³/mol. The summed E-state index contributed by atoms with van der Waals surface area (Å²) < 4.78 is 18.2. The van der Waals surface area contributed by atoms with E-state index in [1.807, 2.05) is 6.92 Å². The number of halogens is 3. The zero-order valence-electron chi connectivity index (χ0n) is 11.1. The Balaban J connectivity index is 0.00000200. The first-order chi connectivity index (χ1) is 9.06. The third kappa shape index (κ3) is 4.51. The van der Waals surface area contributed by atoms with Gasteiger partial charge in [0.2, 0.25) is 0 Å². The van der Waals surface area contributed by atoms with Crippen molar-refractivity contribution in [2.45, 2.75) is 13.0 Å². The van der Waals surface area contributed by atoms with Gasteiger partial charge >= 0.3 is 0 Å². The molecule has 1 unspecified atom stereocenters. The number of hydrogen-bond acceptors (Lipinski definition) is 3. The normalized spacial score (nSPS) is 18.4. The molecule has 1 saturated heterocycles. The Morgan fingerprint density at radius 3 is 3.00 bits per heavy atom. The van der Waals surface area contributed by atoms with Gasteiger partial charge in [0.25, 0.3) is 5.91 Å². The van der Waals surface area contributed by atoms with E-state index in [4.69, 9.17) is 16.3 Å². The number of nitrogens with zero attached hydrogens (tertiary/aromatic N) is 1. The summed E-state index contributed by atoms with van der Waals surface area (Å²) in [5.74, 6) is -0.201. The smallest absolute Gasteiger partial charge is 0.260 e. The molecule has 0 aliphatic carbocycles. The van der Waals surface area contributed by atoms with E-state index in [9.17, 15) is 9.18 Å². The van der Waals surface area contributed by atoms with E-state index in [2.05, 4.69) is 5.32 Å². The molecule has 1 aliphatic rings. The maximum Gasteiger partial charge on any atom is 0.260 e. The Kier molecular flexibility index (Phi) is 6.52. The van der Waals surface area contributed by atoms with E-state index >= 15 is 0 Å². The van der Waals surface area contributed by atoms with E-state index in [-0.39, 0.29) is 36.0 Å². The van der Waals surface area contributed by atoms with Crippen LogP contribution in [0.1, 0.15) is 6.92 Å². The van der Waals surface area contributed by atoms with Crippen LogP contribution >= 0.6 is 24.0 Å². The van der Waals surface area contributed by atoms with Gasteiger partial charge in [0.05, 0.1) is 5.02 Å². The van der Waals surface area contributed by atoms with Crippen molar-refractivity contribution in [3.05, 3.63) is 29.0 Å². The second-order valence-corrected chi connectivity index (χ2v) is 4.97. The number of carbonyl (C=O) groups is 1. The van der Waals surface area contributed by atoms with Gasteiger partial charge in [-0.15, -0.1) is 12.4 Å². The summed E-state index contributed by atoms with van der Waals surface area (Å²) in [6, 6.07) is 4.12. The Labute approximate surface area is 128 Å². The van der Waals surface area contributed by atoms with Crippen molar-refractivity contribution in [3.63, 3.8) is 0 Å². The number of piperazine rings is 1. The number of carbonyl (C=O) groups excluding carboxylic acids is 1. The molecule has 20 heavy (non-hydrogen) atoms. The molecule has 0 aromatic heterocycles. The van der Waals surface area contributed by atoms with Crippen LogP contribution in [0.3, 0.4) is 0 Å². The summed E-state index contributed by atoms with van der Waals surface area (Å²) in [6.07, 6.45) is 0. The number of amides is 1. The number of ether oxygens (including phenoxy) is 1. The topological polar surface area (TPSA) is 41.6 Å². The van der Waals surface area contributed by atoms with Crippen molar-refractivity contribution in [1.29, 1.82) is 0 Å². The summed E-state index contributed by atoms with van der Waals surface area (Å²) in [7, 11) is 0. The van der Waals surface area contributed by atoms with Crippen LogP contribution in [0.15, 0.2) is 18.2 Å². The molecule has 1 atom stereocenters. The molecule has 4 nitrogen and oxygen atoms in total. The maximum absolute atomic E-state index is 12.9. The van der Waals surface area contributed by atoms with Gasteiger partial charge in [-0.25, -0.2) is 4.39 Å². The van der Waals surface area contributed by atoms with Crippen molar-refractivity contribution in [3.8, 4) is 5.75 Å². The summed E-state index contributed by atoms with van der Waals surface area (Å²) in [5.41, 5.74) is 0. The summed E-state index contributed by atoms with van der Waals surface area (Å²) >= 11 is 5.82. The Hall–Kier alpha value is -1.04. The van der Waals surface area contributed by atoms with Crippen LogP contribution in [0.2, 0.25) is 5.02 Å². The zero-order valence-corrected chi connectivity index (χ0v) is 12.6. The molecule has 112 valence electrons. The molecule has 0 radical (unpaired) electrons. The van der Waals surface area contributed by atoms with Crippen molar-refractivity contribution in [2.75, 3.05) is 26.2 Å². The zero-order chi connectivity index (χ0) is 13.8. The number of rotatable bonds is 3. The fourth-order valence-electron chi connectivity index (χ4n) is 1.98. The third-order valence-electron chi connectivity index (χ3n) is 2.97. The molecule has 0 saturated carbocycles. The lowest BCUT2D eigenvalue weighted by Crippen LogP contribution is -2.52. The van der Waals surface area contributed by atoms with Gasteiger partial charge < -0.3 is 15.0 Å². The molecule has 0 bridgehead atoms. The van der Waals surface area contributed by atoms with Gasteiger partial charge in [-0.2, -0.15) is 0 Å². The van der Waals surface area contributed by atoms with Gasteiger partial charge in [-0.05, 0) is 25.1 Å². The van der Waals surface area contributed by atoms with Crippen LogP contribution in [0.5, 0.6) is 5.75 Å². The monoisotopic (exact) mass is 322 g/mol. The first kappa shape index (κ1) is 17.0. The van der Waals surface area contributed by atoms with Crippen LogP contribution in [0.4, 0.5) is 4.39 Å². The fraction of sp³-hybridized carbons (Fsp3) is 0.462. The Morgan fingerprint density at radius 2 is 2.35 bits per heavy atom. The second-order valence-electron chi connectivity index (χ2n) is 4.56. The first-order valence-corrected chi connectivity index (χ1v) is 6.53. The molecule has 1 aromatic rings. The molecule has 1 amide bonds. The van der Waals surface area contributed by atoms with Gasteiger partial charge in [-0.1, -0.05) is 11.6 Å². The Morgan fingerprint density at radius 1 is 1.60 bits per heavy atom. The fourth-order valence-corrected chi connectivity index (χ4v) is 2.20. The van der Waals surface area contributed by atoms with Gasteiger partial charge in [0, 0.05) is 25.7 Å². The molecule has 7 heteroatoms. The summed E-state index contributed by atoms with van der Waals surface area (Å²) in [6.45, 7) is 4.06. The van der Waals surface area contributed by atoms with Gasteiger partial charge in [0.15, 0.2) is 6.61 Å². The van der Waals surface area contributed by atoms with E-state index in [0.717, 1.165) is 12.6 Å². The first-order valence-electron chi connectivity index (χ1n) is 6.15. The minimum atomic E-state index is -0.431. The van der Waals surface area contributed by atoms with Crippen LogP contribution in [-0.2, 0) is 4.79 Å². The lowest BCUT2D eigenvalue weighted by molar-refractivity contribution is -0.134. The molecule has 1 heterocycles.